The zero-order chi connectivity index (χ0) is 23.5. The Balaban J connectivity index is 2.97. The number of β-lactam (4-membered cyclic amide) rings is 1. The average Bonchev–Trinajstić information content (AvgIpc) is 2.58. The number of ether oxygens (including phenoxy) is 1. The first-order valence-electron chi connectivity index (χ1n) is 9.53. The summed E-state index contributed by atoms with van der Waals surface area (Å²) in [4.78, 5) is 26.2. The molecule has 0 aliphatic carbocycles. The summed E-state index contributed by atoms with van der Waals surface area (Å²) < 4.78 is 38.8. The summed E-state index contributed by atoms with van der Waals surface area (Å²) in [6.45, 7) is 15.5. The molecule has 0 radical (unpaired) electrons. The van der Waals surface area contributed by atoms with E-state index in [-0.39, 0.29) is 23.1 Å². The van der Waals surface area contributed by atoms with Crippen LogP contribution >= 0.6 is 11.6 Å². The minimum absolute atomic E-state index is 0.0357. The van der Waals surface area contributed by atoms with Crippen molar-refractivity contribution >= 4 is 41.9 Å². The van der Waals surface area contributed by atoms with Crippen LogP contribution in [0.5, 0.6) is 0 Å². The Morgan fingerprint density at radius 1 is 1.33 bits per heavy atom. The Bertz CT molecular complexity index is 817. The van der Waals surface area contributed by atoms with Crippen LogP contribution in [0.4, 0.5) is 0 Å². The van der Waals surface area contributed by atoms with Gasteiger partial charge in [-0.25, -0.2) is 4.79 Å². The van der Waals surface area contributed by atoms with Crippen LogP contribution in [0, 0.1) is 5.92 Å². The standard InChI is InChI=1S/C19H32ClNO7SSi/c1-9-11-26-18(23)15(13(2)28-29(6,24)25)21-16(20)14(17(21)22)10-12-27-30(7,8)19(3,4)5/h9,14,16H,1,10-12H2,2-8H3/b15-13+/t14-,16+/m1/s1. The molecule has 11 heteroatoms. The quantitative estimate of drug-likeness (QED) is 0.0542. The van der Waals surface area contributed by atoms with Gasteiger partial charge in [0, 0.05) is 6.61 Å². The largest absolute Gasteiger partial charge is 0.457 e. The van der Waals surface area contributed by atoms with E-state index in [1.807, 2.05) is 0 Å². The number of amides is 1. The average molecular weight is 482 g/mol. The number of halogens is 1. The molecule has 0 aromatic carbocycles. The second kappa shape index (κ2) is 9.84. The zero-order valence-corrected chi connectivity index (χ0v) is 21.2. The van der Waals surface area contributed by atoms with E-state index >= 15 is 0 Å². The van der Waals surface area contributed by atoms with Crippen LogP contribution in [0.1, 0.15) is 34.1 Å². The van der Waals surface area contributed by atoms with Gasteiger partial charge in [-0.1, -0.05) is 45.0 Å². The van der Waals surface area contributed by atoms with E-state index in [4.69, 9.17) is 24.9 Å². The number of rotatable bonds is 10. The van der Waals surface area contributed by atoms with E-state index in [0.29, 0.717) is 13.0 Å². The molecule has 1 aliphatic heterocycles. The first-order chi connectivity index (χ1) is 13.5. The summed E-state index contributed by atoms with van der Waals surface area (Å²) in [5.74, 6) is -2.20. The molecule has 0 spiro atoms. The van der Waals surface area contributed by atoms with Crippen molar-refractivity contribution in [2.45, 2.75) is 57.7 Å². The number of esters is 1. The van der Waals surface area contributed by atoms with Gasteiger partial charge in [-0.3, -0.25) is 9.69 Å². The lowest BCUT2D eigenvalue weighted by molar-refractivity contribution is -0.155. The van der Waals surface area contributed by atoms with Crippen LogP contribution in [-0.4, -0.2) is 58.5 Å². The summed E-state index contributed by atoms with van der Waals surface area (Å²) in [5.41, 5.74) is -1.20. The predicted octanol–water partition coefficient (Wildman–Crippen LogP) is 3.36. The van der Waals surface area contributed by atoms with Gasteiger partial charge in [-0.2, -0.15) is 8.42 Å². The van der Waals surface area contributed by atoms with E-state index in [1.165, 1.54) is 13.0 Å². The molecule has 0 N–H and O–H groups in total. The maximum Gasteiger partial charge on any atom is 0.358 e. The Morgan fingerprint density at radius 3 is 2.33 bits per heavy atom. The topological polar surface area (TPSA) is 99.2 Å². The lowest BCUT2D eigenvalue weighted by Gasteiger charge is -2.44. The maximum atomic E-state index is 12.7. The van der Waals surface area contributed by atoms with Crippen molar-refractivity contribution in [2.24, 2.45) is 5.92 Å². The molecule has 0 unspecified atom stereocenters. The van der Waals surface area contributed by atoms with Gasteiger partial charge in [0.25, 0.3) is 0 Å². The van der Waals surface area contributed by atoms with Crippen LogP contribution in [0.25, 0.3) is 0 Å². The molecule has 1 fully saturated rings. The zero-order valence-electron chi connectivity index (χ0n) is 18.7. The van der Waals surface area contributed by atoms with Gasteiger partial charge < -0.3 is 13.3 Å². The first-order valence-corrected chi connectivity index (χ1v) is 14.7. The molecule has 2 atom stereocenters. The lowest BCUT2D eigenvalue weighted by Crippen LogP contribution is -2.59. The summed E-state index contributed by atoms with van der Waals surface area (Å²) >= 11 is 6.40. The van der Waals surface area contributed by atoms with Crippen molar-refractivity contribution in [1.29, 1.82) is 0 Å². The van der Waals surface area contributed by atoms with Crippen LogP contribution in [-0.2, 0) is 33.1 Å². The molecule has 1 amide bonds. The number of likely N-dealkylation sites (tertiary alicyclic amines) is 1. The van der Waals surface area contributed by atoms with Crippen LogP contribution in [0.2, 0.25) is 18.1 Å². The van der Waals surface area contributed by atoms with E-state index in [2.05, 4.69) is 40.4 Å². The second-order valence-corrected chi connectivity index (χ2v) is 15.5. The van der Waals surface area contributed by atoms with Crippen molar-refractivity contribution in [3.63, 3.8) is 0 Å². The normalized spacial score (nSPS) is 20.9. The molecule has 0 aromatic heterocycles. The van der Waals surface area contributed by atoms with E-state index in [0.717, 1.165) is 11.2 Å². The SMILES string of the molecule is C=CCOC(=O)/C(=C(/C)OS(C)(=O)=O)N1C(=O)[C@H](CCO[Si](C)(C)C(C)(C)C)[C@H]1Cl. The van der Waals surface area contributed by atoms with Crippen LogP contribution in [0.3, 0.4) is 0 Å². The highest BCUT2D eigenvalue weighted by Gasteiger charge is 2.51. The molecular formula is C19H32ClNO7SSi. The predicted molar refractivity (Wildman–Crippen MR) is 118 cm³/mol. The number of nitrogens with zero attached hydrogens (tertiary/aromatic N) is 1. The highest BCUT2D eigenvalue weighted by Crippen LogP contribution is 2.39. The highest BCUT2D eigenvalue weighted by molar-refractivity contribution is 7.86. The molecular weight excluding hydrogens is 450 g/mol. The third-order valence-electron chi connectivity index (χ3n) is 5.21. The van der Waals surface area contributed by atoms with Gasteiger partial charge in [0.2, 0.25) is 5.91 Å². The van der Waals surface area contributed by atoms with Crippen molar-refractivity contribution in [2.75, 3.05) is 19.5 Å². The molecule has 30 heavy (non-hydrogen) atoms. The lowest BCUT2D eigenvalue weighted by atomic mass is 9.94. The van der Waals surface area contributed by atoms with Crippen molar-refractivity contribution in [1.82, 2.24) is 4.90 Å². The molecule has 1 heterocycles. The van der Waals surface area contributed by atoms with E-state index in [1.54, 1.807) is 0 Å². The molecule has 0 bridgehead atoms. The summed E-state index contributed by atoms with van der Waals surface area (Å²) in [5, 5.41) is 0.0357. The number of hydrogen-bond donors (Lipinski definition) is 0. The van der Waals surface area contributed by atoms with E-state index in [9.17, 15) is 18.0 Å². The highest BCUT2D eigenvalue weighted by atomic mass is 35.5. The maximum absolute atomic E-state index is 12.7. The number of allylic oxidation sites excluding steroid dienone is 1. The van der Waals surface area contributed by atoms with Gasteiger partial charge in [0.05, 0.1) is 12.2 Å². The number of hydrogen-bond acceptors (Lipinski definition) is 7. The van der Waals surface area contributed by atoms with Gasteiger partial charge in [0.15, 0.2) is 14.0 Å². The van der Waals surface area contributed by atoms with Gasteiger partial charge in [0.1, 0.15) is 17.9 Å². The Morgan fingerprint density at radius 2 is 1.90 bits per heavy atom. The number of alkyl halides is 1. The van der Waals surface area contributed by atoms with E-state index < -0.39 is 41.7 Å². The molecule has 8 nitrogen and oxygen atoms in total. The van der Waals surface area contributed by atoms with Crippen LogP contribution < -0.4 is 0 Å². The minimum atomic E-state index is -3.92. The fourth-order valence-corrected chi connectivity index (χ4v) is 4.57. The smallest absolute Gasteiger partial charge is 0.358 e. The van der Waals surface area contributed by atoms with Gasteiger partial charge >= 0.3 is 16.1 Å². The van der Waals surface area contributed by atoms with Crippen molar-refractivity contribution < 1.29 is 31.4 Å². The molecule has 172 valence electrons. The first kappa shape index (κ1) is 26.7. The fraction of sp³-hybridized carbons (Fsp3) is 0.684. The molecule has 0 aromatic rings. The third kappa shape index (κ3) is 6.57. The van der Waals surface area contributed by atoms with Crippen molar-refractivity contribution in [3.05, 3.63) is 24.1 Å². The Labute approximate surface area is 185 Å². The second-order valence-electron chi connectivity index (χ2n) is 8.66. The summed E-state index contributed by atoms with van der Waals surface area (Å²) in [6, 6.07) is 0. The Hall–Kier alpha value is -1.36. The minimum Gasteiger partial charge on any atom is -0.457 e. The molecule has 1 saturated heterocycles. The Kier molecular flexibility index (Phi) is 8.75. The number of carbonyl (C=O) groups is 2. The van der Waals surface area contributed by atoms with Gasteiger partial charge in [-0.05, 0) is 31.5 Å². The summed E-state index contributed by atoms with van der Waals surface area (Å²) in [7, 11) is -5.88. The van der Waals surface area contributed by atoms with Gasteiger partial charge in [-0.15, -0.1) is 0 Å². The third-order valence-corrected chi connectivity index (χ3v) is 10.8. The van der Waals surface area contributed by atoms with Crippen molar-refractivity contribution in [3.8, 4) is 0 Å². The summed E-state index contributed by atoms with van der Waals surface area (Å²) in [6.07, 6.45) is 2.57. The fourth-order valence-electron chi connectivity index (χ4n) is 2.55. The number of carbonyl (C=O) groups excluding carboxylic acids is 2. The monoisotopic (exact) mass is 481 g/mol. The molecule has 1 aliphatic rings. The molecule has 1 rings (SSSR count). The van der Waals surface area contributed by atoms with Crippen LogP contribution in [0.15, 0.2) is 24.1 Å². The molecule has 0 saturated carbocycles.